The summed E-state index contributed by atoms with van der Waals surface area (Å²) in [5.41, 5.74) is 3.62. The lowest BCUT2D eigenvalue weighted by Crippen LogP contribution is -2.38. The van der Waals surface area contributed by atoms with Crippen LogP contribution in [-0.4, -0.2) is 22.8 Å². The average molecular weight is 415 g/mol. The lowest BCUT2D eigenvalue weighted by atomic mass is 10.1. The number of hydrogen-bond donors (Lipinski definition) is 1. The number of fused-ring (bicyclic) bond motifs is 1. The minimum atomic E-state index is -0.511. The molecule has 0 aliphatic carbocycles. The summed E-state index contributed by atoms with van der Waals surface area (Å²) in [6, 6.07) is 25.1. The van der Waals surface area contributed by atoms with Crippen LogP contribution in [0.4, 0.5) is 5.69 Å². The molecule has 0 unspecified atom stereocenters. The van der Waals surface area contributed by atoms with E-state index in [0.717, 1.165) is 16.7 Å². The van der Waals surface area contributed by atoms with Gasteiger partial charge in [0, 0.05) is 24.3 Å². The molecule has 3 aromatic carbocycles. The Morgan fingerprint density at radius 2 is 1.68 bits per heavy atom. The molecule has 3 aromatic rings. The first-order valence-corrected chi connectivity index (χ1v) is 10.6. The van der Waals surface area contributed by atoms with Crippen LogP contribution in [0.25, 0.3) is 0 Å². The number of amides is 2. The quantitative estimate of drug-likeness (QED) is 0.643. The zero-order valence-electron chi connectivity index (χ0n) is 17.6. The highest BCUT2D eigenvalue weighted by atomic mass is 16.5. The Bertz CT molecular complexity index is 1050. The molecule has 0 saturated heterocycles. The smallest absolute Gasteiger partial charge is 0.264 e. The molecule has 1 aliphatic rings. The summed E-state index contributed by atoms with van der Waals surface area (Å²) in [7, 11) is 0. The lowest BCUT2D eigenvalue weighted by Gasteiger charge is -2.23. The third kappa shape index (κ3) is 5.12. The summed E-state index contributed by atoms with van der Waals surface area (Å²) in [6.07, 6.45) is 0.396. The van der Waals surface area contributed by atoms with Gasteiger partial charge in [0.25, 0.3) is 5.91 Å². The van der Waals surface area contributed by atoms with E-state index < -0.39 is 6.10 Å². The SMILES string of the molecule is CC[C@H]1Oc2ccc(NC(=O)Cc3ccccc3)cc2CN(Cc2ccccc2)C1=O. The second-order valence-corrected chi connectivity index (χ2v) is 7.73. The monoisotopic (exact) mass is 414 g/mol. The number of benzene rings is 3. The number of ether oxygens (including phenoxy) is 1. The Kier molecular flexibility index (Phi) is 6.32. The van der Waals surface area contributed by atoms with Gasteiger partial charge in [0.2, 0.25) is 5.91 Å². The number of anilines is 1. The molecule has 0 bridgehead atoms. The van der Waals surface area contributed by atoms with Gasteiger partial charge in [0.1, 0.15) is 5.75 Å². The van der Waals surface area contributed by atoms with Crippen LogP contribution >= 0.6 is 0 Å². The summed E-state index contributed by atoms with van der Waals surface area (Å²) >= 11 is 0. The molecule has 0 aromatic heterocycles. The number of hydrogen-bond acceptors (Lipinski definition) is 3. The summed E-state index contributed by atoms with van der Waals surface area (Å²) in [5.74, 6) is 0.596. The predicted octanol–water partition coefficient (Wildman–Crippen LogP) is 4.57. The van der Waals surface area contributed by atoms with Gasteiger partial charge in [-0.2, -0.15) is 0 Å². The molecule has 5 heteroatoms. The van der Waals surface area contributed by atoms with Crippen molar-refractivity contribution in [2.75, 3.05) is 5.32 Å². The van der Waals surface area contributed by atoms with E-state index in [1.54, 1.807) is 0 Å². The standard InChI is InChI=1S/C26H26N2O3/c1-2-23-26(30)28(17-20-11-7-4-8-12-20)18-21-16-22(13-14-24(21)31-23)27-25(29)15-19-9-5-3-6-10-19/h3-14,16,23H,2,15,17-18H2,1H3,(H,27,29)/t23-/m1/s1. The minimum Gasteiger partial charge on any atom is -0.480 e. The average Bonchev–Trinajstić information content (AvgIpc) is 2.91. The number of nitrogens with zero attached hydrogens (tertiary/aromatic N) is 1. The van der Waals surface area contributed by atoms with Crippen molar-refractivity contribution in [3.8, 4) is 5.75 Å². The van der Waals surface area contributed by atoms with E-state index in [0.29, 0.717) is 37.4 Å². The zero-order valence-corrected chi connectivity index (χ0v) is 17.6. The van der Waals surface area contributed by atoms with E-state index in [-0.39, 0.29) is 11.8 Å². The Balaban J connectivity index is 1.53. The maximum absolute atomic E-state index is 13.0. The van der Waals surface area contributed by atoms with Crippen LogP contribution in [-0.2, 0) is 29.1 Å². The molecule has 0 saturated carbocycles. The van der Waals surface area contributed by atoms with E-state index in [1.807, 2.05) is 90.7 Å². The van der Waals surface area contributed by atoms with Gasteiger partial charge < -0.3 is 15.0 Å². The Labute approximate surface area is 182 Å². The van der Waals surface area contributed by atoms with Gasteiger partial charge in [0.15, 0.2) is 6.10 Å². The van der Waals surface area contributed by atoms with Crippen molar-refractivity contribution in [3.05, 3.63) is 95.6 Å². The third-order valence-corrected chi connectivity index (χ3v) is 5.36. The van der Waals surface area contributed by atoms with Crippen LogP contribution in [0.15, 0.2) is 78.9 Å². The highest BCUT2D eigenvalue weighted by molar-refractivity contribution is 5.92. The van der Waals surface area contributed by atoms with E-state index in [9.17, 15) is 9.59 Å². The third-order valence-electron chi connectivity index (χ3n) is 5.36. The molecular formula is C26H26N2O3. The van der Waals surface area contributed by atoms with Crippen LogP contribution in [0.5, 0.6) is 5.75 Å². The minimum absolute atomic E-state index is 0.0165. The molecule has 2 amide bonds. The van der Waals surface area contributed by atoms with Gasteiger partial charge in [-0.25, -0.2) is 0 Å². The number of carbonyl (C=O) groups is 2. The van der Waals surface area contributed by atoms with Crippen LogP contribution in [0.1, 0.15) is 30.0 Å². The van der Waals surface area contributed by atoms with Crippen LogP contribution < -0.4 is 10.1 Å². The summed E-state index contributed by atoms with van der Waals surface area (Å²) in [5, 5.41) is 2.96. The first-order valence-electron chi connectivity index (χ1n) is 10.6. The van der Waals surface area contributed by atoms with E-state index >= 15 is 0 Å². The Hall–Kier alpha value is -3.60. The van der Waals surface area contributed by atoms with Crippen molar-refractivity contribution >= 4 is 17.5 Å². The molecule has 0 radical (unpaired) electrons. The van der Waals surface area contributed by atoms with E-state index in [2.05, 4.69) is 5.32 Å². The largest absolute Gasteiger partial charge is 0.480 e. The first-order chi connectivity index (χ1) is 15.1. The molecule has 1 aliphatic heterocycles. The molecule has 1 N–H and O–H groups in total. The van der Waals surface area contributed by atoms with E-state index in [4.69, 9.17) is 4.74 Å². The molecule has 5 nitrogen and oxygen atoms in total. The predicted molar refractivity (Wildman–Crippen MR) is 121 cm³/mol. The number of nitrogens with one attached hydrogen (secondary N) is 1. The van der Waals surface area contributed by atoms with Crippen molar-refractivity contribution in [2.45, 2.75) is 39.0 Å². The molecule has 4 rings (SSSR count). The van der Waals surface area contributed by atoms with Crippen molar-refractivity contribution < 1.29 is 14.3 Å². The van der Waals surface area contributed by atoms with Crippen molar-refractivity contribution in [1.82, 2.24) is 4.90 Å². The fourth-order valence-electron chi connectivity index (χ4n) is 3.77. The van der Waals surface area contributed by atoms with Gasteiger partial charge in [-0.3, -0.25) is 9.59 Å². The molecule has 0 fully saturated rings. The van der Waals surface area contributed by atoms with Gasteiger partial charge in [-0.05, 0) is 35.7 Å². The van der Waals surface area contributed by atoms with Gasteiger partial charge >= 0.3 is 0 Å². The molecule has 158 valence electrons. The fraction of sp³-hybridized carbons (Fsp3) is 0.231. The molecular weight excluding hydrogens is 388 g/mol. The molecule has 31 heavy (non-hydrogen) atoms. The molecule has 0 spiro atoms. The van der Waals surface area contributed by atoms with Crippen LogP contribution in [0, 0.1) is 0 Å². The normalized spacial score (nSPS) is 15.6. The first kappa shape index (κ1) is 20.7. The summed E-state index contributed by atoms with van der Waals surface area (Å²) in [6.45, 7) is 2.90. The van der Waals surface area contributed by atoms with Gasteiger partial charge in [-0.1, -0.05) is 67.6 Å². The molecule has 1 heterocycles. The van der Waals surface area contributed by atoms with Gasteiger partial charge in [0.05, 0.1) is 6.42 Å². The van der Waals surface area contributed by atoms with Crippen LogP contribution in [0.3, 0.4) is 0 Å². The fourth-order valence-corrected chi connectivity index (χ4v) is 3.77. The Morgan fingerprint density at radius 1 is 1.00 bits per heavy atom. The lowest BCUT2D eigenvalue weighted by molar-refractivity contribution is -0.139. The highest BCUT2D eigenvalue weighted by Crippen LogP contribution is 2.30. The van der Waals surface area contributed by atoms with Crippen LogP contribution in [0.2, 0.25) is 0 Å². The second-order valence-electron chi connectivity index (χ2n) is 7.73. The van der Waals surface area contributed by atoms with Crippen molar-refractivity contribution in [3.63, 3.8) is 0 Å². The maximum atomic E-state index is 13.0. The van der Waals surface area contributed by atoms with Crippen molar-refractivity contribution in [1.29, 1.82) is 0 Å². The summed E-state index contributed by atoms with van der Waals surface area (Å²) < 4.78 is 6.04. The number of rotatable bonds is 6. The van der Waals surface area contributed by atoms with Crippen molar-refractivity contribution in [2.24, 2.45) is 0 Å². The van der Waals surface area contributed by atoms with Gasteiger partial charge in [-0.15, -0.1) is 0 Å². The Morgan fingerprint density at radius 3 is 2.35 bits per heavy atom. The maximum Gasteiger partial charge on any atom is 0.264 e. The highest BCUT2D eigenvalue weighted by Gasteiger charge is 2.30. The second kappa shape index (κ2) is 9.47. The zero-order chi connectivity index (χ0) is 21.6. The molecule has 1 atom stereocenters. The summed E-state index contributed by atoms with van der Waals surface area (Å²) in [4.78, 5) is 27.3. The topological polar surface area (TPSA) is 58.6 Å². The number of carbonyl (C=O) groups excluding carboxylic acids is 2. The van der Waals surface area contributed by atoms with E-state index in [1.165, 1.54) is 0 Å².